The van der Waals surface area contributed by atoms with E-state index in [9.17, 15) is 13.5 Å². The molecule has 0 aliphatic rings. The molecule has 0 radical (unpaired) electrons. The molecule has 1 atom stereocenters. The van der Waals surface area contributed by atoms with Crippen LogP contribution in [-0.4, -0.2) is 47.1 Å². The van der Waals surface area contributed by atoms with Gasteiger partial charge >= 0.3 is 0 Å². The smallest absolute Gasteiger partial charge is 0.195 e. The third-order valence-electron chi connectivity index (χ3n) is 2.58. The third kappa shape index (κ3) is 2.69. The second-order valence-electron chi connectivity index (χ2n) is 4.41. The molecule has 0 spiro atoms. The minimum atomic E-state index is -3.45. The number of aryl methyl sites for hydroxylation is 1. The van der Waals surface area contributed by atoms with Gasteiger partial charge in [0.05, 0.1) is 12.3 Å². The van der Waals surface area contributed by atoms with Crippen LogP contribution >= 0.6 is 0 Å². The Morgan fingerprint density at radius 2 is 2.21 bits per heavy atom. The lowest BCUT2D eigenvalue weighted by Gasteiger charge is -2.06. The van der Waals surface area contributed by atoms with Crippen molar-refractivity contribution in [3.8, 4) is 5.75 Å². The van der Waals surface area contributed by atoms with Crippen LogP contribution in [0.1, 0.15) is 12.5 Å². The van der Waals surface area contributed by atoms with Crippen LogP contribution in [0.4, 0.5) is 0 Å². The van der Waals surface area contributed by atoms with Gasteiger partial charge in [-0.3, -0.25) is 0 Å². The average Bonchev–Trinajstić information content (AvgIpc) is 2.62. The molecule has 104 valence electrons. The summed E-state index contributed by atoms with van der Waals surface area (Å²) < 4.78 is 30.2. The monoisotopic (exact) mass is 285 g/mol. The van der Waals surface area contributed by atoms with Crippen LogP contribution in [0.25, 0.3) is 5.52 Å². The van der Waals surface area contributed by atoms with Crippen molar-refractivity contribution in [2.75, 3.05) is 12.9 Å². The Balaban J connectivity index is 2.58. The van der Waals surface area contributed by atoms with Crippen LogP contribution in [0, 0.1) is 6.92 Å². The summed E-state index contributed by atoms with van der Waals surface area (Å²) in [5, 5.41) is 13.1. The third-order valence-corrected chi connectivity index (χ3v) is 3.58. The summed E-state index contributed by atoms with van der Waals surface area (Å²) in [6.07, 6.45) is 3.24. The maximum Gasteiger partial charge on any atom is 0.195 e. The van der Waals surface area contributed by atoms with E-state index in [2.05, 4.69) is 10.1 Å². The van der Waals surface area contributed by atoms with Crippen molar-refractivity contribution in [3.05, 3.63) is 18.1 Å². The van der Waals surface area contributed by atoms with E-state index in [-0.39, 0.29) is 11.6 Å². The molecule has 1 N–H and O–H groups in total. The molecule has 2 aromatic rings. The maximum absolute atomic E-state index is 11.7. The summed E-state index contributed by atoms with van der Waals surface area (Å²) in [6, 6.07) is 0. The fourth-order valence-corrected chi connectivity index (χ4v) is 2.57. The molecule has 2 heterocycles. The Kier molecular flexibility index (Phi) is 3.46. The predicted octanol–water partition coefficient (Wildman–Crippen LogP) is 0.201. The number of hydrogen-bond donors (Lipinski definition) is 1. The van der Waals surface area contributed by atoms with E-state index in [1.165, 1.54) is 10.8 Å². The quantitative estimate of drug-likeness (QED) is 0.862. The van der Waals surface area contributed by atoms with Crippen LogP contribution in [-0.2, 0) is 9.84 Å². The molecular formula is C11H15N3O4S. The van der Waals surface area contributed by atoms with Gasteiger partial charge in [-0.1, -0.05) is 0 Å². The van der Waals surface area contributed by atoms with Crippen molar-refractivity contribution in [1.29, 1.82) is 0 Å². The largest absolute Gasteiger partial charge is 0.489 e. The Bertz CT molecular complexity index is 706. The number of aliphatic hydroxyl groups is 1. The number of sulfone groups is 1. The van der Waals surface area contributed by atoms with Crippen LogP contribution in [0.2, 0.25) is 0 Å². The Morgan fingerprint density at radius 3 is 2.79 bits per heavy atom. The summed E-state index contributed by atoms with van der Waals surface area (Å²) in [5.41, 5.74) is 1.02. The maximum atomic E-state index is 11.7. The molecular weight excluding hydrogens is 270 g/mol. The number of aliphatic hydroxyl groups excluding tert-OH is 1. The molecule has 2 aromatic heterocycles. The van der Waals surface area contributed by atoms with E-state index in [1.54, 1.807) is 20.0 Å². The second kappa shape index (κ2) is 4.78. The van der Waals surface area contributed by atoms with E-state index in [4.69, 9.17) is 4.74 Å². The molecule has 0 bridgehead atoms. The second-order valence-corrected chi connectivity index (χ2v) is 6.34. The van der Waals surface area contributed by atoms with Gasteiger partial charge in [-0.25, -0.2) is 17.9 Å². The first-order valence-corrected chi connectivity index (χ1v) is 7.53. The lowest BCUT2D eigenvalue weighted by Crippen LogP contribution is -2.12. The van der Waals surface area contributed by atoms with Gasteiger partial charge in [0.25, 0.3) is 0 Å². The molecule has 0 saturated carbocycles. The Hall–Kier alpha value is -1.67. The molecule has 7 nitrogen and oxygen atoms in total. The van der Waals surface area contributed by atoms with Crippen molar-refractivity contribution in [1.82, 2.24) is 14.6 Å². The highest BCUT2D eigenvalue weighted by molar-refractivity contribution is 7.90. The summed E-state index contributed by atoms with van der Waals surface area (Å²) >= 11 is 0. The molecule has 0 saturated heterocycles. The van der Waals surface area contributed by atoms with Crippen molar-refractivity contribution in [2.24, 2.45) is 0 Å². The van der Waals surface area contributed by atoms with E-state index in [0.717, 1.165) is 6.26 Å². The van der Waals surface area contributed by atoms with Gasteiger partial charge in [-0.05, 0) is 13.8 Å². The molecule has 8 heteroatoms. The van der Waals surface area contributed by atoms with Crippen LogP contribution in [0.15, 0.2) is 17.6 Å². The van der Waals surface area contributed by atoms with Crippen molar-refractivity contribution in [3.63, 3.8) is 0 Å². The number of nitrogens with zero attached hydrogens (tertiary/aromatic N) is 3. The average molecular weight is 285 g/mol. The van der Waals surface area contributed by atoms with E-state index in [1.807, 2.05) is 0 Å². The number of rotatable bonds is 4. The van der Waals surface area contributed by atoms with Gasteiger partial charge in [-0.2, -0.15) is 5.10 Å². The number of fused-ring (bicyclic) bond motifs is 1. The lowest BCUT2D eigenvalue weighted by molar-refractivity contribution is 0.122. The summed E-state index contributed by atoms with van der Waals surface area (Å²) in [4.78, 5) is 3.82. The zero-order chi connectivity index (χ0) is 14.2. The number of ether oxygens (including phenoxy) is 1. The van der Waals surface area contributed by atoms with Gasteiger partial charge in [0.15, 0.2) is 14.9 Å². The van der Waals surface area contributed by atoms with Gasteiger partial charge in [-0.15, -0.1) is 0 Å². The first-order valence-electron chi connectivity index (χ1n) is 5.64. The van der Waals surface area contributed by atoms with Crippen LogP contribution in [0.3, 0.4) is 0 Å². The molecule has 0 aliphatic carbocycles. The molecule has 19 heavy (non-hydrogen) atoms. The van der Waals surface area contributed by atoms with Crippen molar-refractivity contribution in [2.45, 2.75) is 25.0 Å². The standard InChI is InChI=1S/C11H15N3O4S/c1-7(15)5-18-9-4-14-10(8(9)2)11(12-6-13-14)19(3,16)17/h4,6-7,15H,5H2,1-3H3. The predicted molar refractivity (Wildman–Crippen MR) is 68.0 cm³/mol. The molecule has 0 aromatic carbocycles. The first-order chi connectivity index (χ1) is 8.80. The fraction of sp³-hybridized carbons (Fsp3) is 0.455. The van der Waals surface area contributed by atoms with Gasteiger partial charge in [0, 0.05) is 11.8 Å². The topological polar surface area (TPSA) is 93.8 Å². The van der Waals surface area contributed by atoms with Gasteiger partial charge in [0.2, 0.25) is 0 Å². The first kappa shape index (κ1) is 13.8. The Morgan fingerprint density at radius 1 is 1.53 bits per heavy atom. The summed E-state index contributed by atoms with van der Waals surface area (Å²) in [5.74, 6) is 0.478. The number of aromatic nitrogens is 3. The minimum absolute atomic E-state index is 0.0353. The Labute approximate surface area is 110 Å². The van der Waals surface area contributed by atoms with Gasteiger partial charge in [0.1, 0.15) is 24.2 Å². The molecule has 0 amide bonds. The normalized spacial score (nSPS) is 13.7. The highest BCUT2D eigenvalue weighted by Gasteiger charge is 2.20. The SMILES string of the molecule is Cc1c(OCC(C)O)cn2ncnc(S(C)(=O)=O)c12. The zero-order valence-corrected chi connectivity index (χ0v) is 11.7. The van der Waals surface area contributed by atoms with Crippen LogP contribution in [0.5, 0.6) is 5.75 Å². The zero-order valence-electron chi connectivity index (χ0n) is 10.9. The molecule has 0 aliphatic heterocycles. The molecule has 1 unspecified atom stereocenters. The van der Waals surface area contributed by atoms with Crippen LogP contribution < -0.4 is 4.74 Å². The molecule has 2 rings (SSSR count). The highest BCUT2D eigenvalue weighted by Crippen LogP contribution is 2.27. The lowest BCUT2D eigenvalue weighted by atomic mass is 10.3. The van der Waals surface area contributed by atoms with E-state index in [0.29, 0.717) is 16.8 Å². The minimum Gasteiger partial charge on any atom is -0.489 e. The summed E-state index contributed by atoms with van der Waals surface area (Å²) in [7, 11) is -3.45. The van der Waals surface area contributed by atoms with E-state index >= 15 is 0 Å². The van der Waals surface area contributed by atoms with Crippen molar-refractivity contribution >= 4 is 15.4 Å². The van der Waals surface area contributed by atoms with E-state index < -0.39 is 15.9 Å². The fourth-order valence-electron chi connectivity index (χ4n) is 1.73. The van der Waals surface area contributed by atoms with Gasteiger partial charge < -0.3 is 9.84 Å². The molecule has 0 fully saturated rings. The summed E-state index contributed by atoms with van der Waals surface area (Å²) in [6.45, 7) is 3.46. The highest BCUT2D eigenvalue weighted by atomic mass is 32.2. The van der Waals surface area contributed by atoms with Crippen molar-refractivity contribution < 1.29 is 18.3 Å². The number of hydrogen-bond acceptors (Lipinski definition) is 6.